The molecule has 1 aliphatic carbocycles. The molecule has 1 atom stereocenters. The third-order valence-electron chi connectivity index (χ3n) is 6.04. The molecule has 134 valence electrons. The number of unbranched alkanes of at least 4 members (excludes halogenated alkanes) is 1. The SMILES string of the molecule is CCCCN1CCCC2(CC(C(=O)N3CC(F)(C4CC4)C3)=NO2)C1. The zero-order valence-electron chi connectivity index (χ0n) is 14.6. The lowest BCUT2D eigenvalue weighted by atomic mass is 9.86. The van der Waals surface area contributed by atoms with Crippen molar-refractivity contribution >= 4 is 11.6 Å². The Morgan fingerprint density at radius 1 is 1.38 bits per heavy atom. The minimum absolute atomic E-state index is 0.119. The molecule has 0 N–H and O–H groups in total. The Kier molecular flexibility index (Phi) is 4.06. The average molecular weight is 337 g/mol. The molecule has 0 aromatic heterocycles. The number of hydrogen-bond donors (Lipinski definition) is 0. The van der Waals surface area contributed by atoms with Gasteiger partial charge in [-0.2, -0.15) is 0 Å². The van der Waals surface area contributed by atoms with Crippen LogP contribution in [0.15, 0.2) is 5.16 Å². The van der Waals surface area contributed by atoms with Crippen LogP contribution >= 0.6 is 0 Å². The summed E-state index contributed by atoms with van der Waals surface area (Å²) >= 11 is 0. The van der Waals surface area contributed by atoms with Crippen LogP contribution in [0.1, 0.15) is 51.9 Å². The van der Waals surface area contributed by atoms with Crippen LogP contribution in [-0.4, -0.2) is 65.4 Å². The predicted molar refractivity (Wildman–Crippen MR) is 89.6 cm³/mol. The van der Waals surface area contributed by atoms with Gasteiger partial charge in [0, 0.05) is 13.0 Å². The normalized spacial score (nSPS) is 32.4. The Bertz CT molecular complexity index is 542. The summed E-state index contributed by atoms with van der Waals surface area (Å²) in [6.07, 6.45) is 6.93. The standard InChI is InChI=1S/C18H28FN3O2/c1-2-3-8-21-9-4-7-17(11-21)10-15(20-24-17)16(23)22-12-18(19,13-22)14-5-6-14/h14H,2-13H2,1H3. The molecule has 2 saturated heterocycles. The van der Waals surface area contributed by atoms with E-state index in [0.29, 0.717) is 12.1 Å². The fourth-order valence-corrected chi connectivity index (χ4v) is 4.39. The predicted octanol–water partition coefficient (Wildman–Crippen LogP) is 2.36. The summed E-state index contributed by atoms with van der Waals surface area (Å²) in [6, 6.07) is 0. The average Bonchev–Trinajstić information content (AvgIpc) is 3.33. The van der Waals surface area contributed by atoms with Crippen molar-refractivity contribution < 1.29 is 14.0 Å². The summed E-state index contributed by atoms with van der Waals surface area (Å²) in [5.41, 5.74) is -0.967. The lowest BCUT2D eigenvalue weighted by Gasteiger charge is -2.44. The number of carbonyl (C=O) groups is 1. The van der Waals surface area contributed by atoms with Gasteiger partial charge < -0.3 is 9.74 Å². The van der Waals surface area contributed by atoms with Crippen LogP contribution in [0.3, 0.4) is 0 Å². The van der Waals surface area contributed by atoms with Crippen molar-refractivity contribution in [1.29, 1.82) is 0 Å². The first-order chi connectivity index (χ1) is 11.5. The molecule has 0 aromatic rings. The van der Waals surface area contributed by atoms with Gasteiger partial charge in [0.25, 0.3) is 5.91 Å². The number of amides is 1. The first kappa shape index (κ1) is 16.3. The lowest BCUT2D eigenvalue weighted by molar-refractivity contribution is -0.139. The van der Waals surface area contributed by atoms with Crippen LogP contribution in [-0.2, 0) is 9.63 Å². The molecule has 6 heteroatoms. The number of hydrogen-bond acceptors (Lipinski definition) is 4. The van der Waals surface area contributed by atoms with E-state index in [2.05, 4.69) is 17.0 Å². The van der Waals surface area contributed by atoms with E-state index in [0.717, 1.165) is 45.3 Å². The number of nitrogens with zero attached hydrogens (tertiary/aromatic N) is 3. The van der Waals surface area contributed by atoms with Crippen LogP contribution in [0.2, 0.25) is 0 Å². The molecular weight excluding hydrogens is 309 g/mol. The minimum atomic E-state index is -1.13. The van der Waals surface area contributed by atoms with Crippen molar-refractivity contribution in [3.63, 3.8) is 0 Å². The lowest BCUT2D eigenvalue weighted by Crippen LogP contribution is -2.63. The molecule has 3 heterocycles. The molecular formula is C18H28FN3O2. The van der Waals surface area contributed by atoms with E-state index in [-0.39, 0.29) is 30.5 Å². The quantitative estimate of drug-likeness (QED) is 0.774. The van der Waals surface area contributed by atoms with Crippen LogP contribution in [0.5, 0.6) is 0 Å². The summed E-state index contributed by atoms with van der Waals surface area (Å²) in [5.74, 6) is 0.0617. The number of oxime groups is 1. The largest absolute Gasteiger partial charge is 0.387 e. The van der Waals surface area contributed by atoms with Gasteiger partial charge in [-0.15, -0.1) is 0 Å². The number of carbonyl (C=O) groups excluding carboxylic acids is 1. The zero-order chi connectivity index (χ0) is 16.8. The molecule has 3 aliphatic heterocycles. The number of alkyl halides is 1. The Morgan fingerprint density at radius 3 is 2.88 bits per heavy atom. The molecule has 3 fully saturated rings. The van der Waals surface area contributed by atoms with E-state index >= 15 is 0 Å². The van der Waals surface area contributed by atoms with Crippen molar-refractivity contribution in [2.75, 3.05) is 32.7 Å². The molecule has 0 aromatic carbocycles. The molecule has 0 radical (unpaired) electrons. The van der Waals surface area contributed by atoms with E-state index in [1.807, 2.05) is 0 Å². The molecule has 4 rings (SSSR count). The topological polar surface area (TPSA) is 45.1 Å². The highest BCUT2D eigenvalue weighted by molar-refractivity contribution is 6.39. The van der Waals surface area contributed by atoms with Crippen LogP contribution in [0, 0.1) is 5.92 Å². The molecule has 1 unspecified atom stereocenters. The van der Waals surface area contributed by atoms with E-state index in [1.54, 1.807) is 4.90 Å². The highest BCUT2D eigenvalue weighted by atomic mass is 19.1. The van der Waals surface area contributed by atoms with Gasteiger partial charge in [-0.3, -0.25) is 9.69 Å². The first-order valence-corrected chi connectivity index (χ1v) is 9.49. The summed E-state index contributed by atoms with van der Waals surface area (Å²) in [4.78, 5) is 22.4. The van der Waals surface area contributed by atoms with Crippen LogP contribution in [0.4, 0.5) is 4.39 Å². The zero-order valence-corrected chi connectivity index (χ0v) is 14.6. The number of likely N-dealkylation sites (tertiary alicyclic amines) is 2. The summed E-state index contributed by atoms with van der Waals surface area (Å²) in [6.45, 7) is 5.72. The second-order valence-corrected chi connectivity index (χ2v) is 8.19. The fourth-order valence-electron chi connectivity index (χ4n) is 4.39. The molecule has 1 amide bonds. The molecule has 0 bridgehead atoms. The number of rotatable bonds is 5. The molecule has 1 spiro atoms. The van der Waals surface area contributed by atoms with E-state index in [9.17, 15) is 9.18 Å². The highest BCUT2D eigenvalue weighted by Gasteiger charge is 2.56. The summed E-state index contributed by atoms with van der Waals surface area (Å²) < 4.78 is 14.4. The maximum absolute atomic E-state index is 14.4. The summed E-state index contributed by atoms with van der Waals surface area (Å²) in [7, 11) is 0. The fraction of sp³-hybridized carbons (Fsp3) is 0.889. The van der Waals surface area contributed by atoms with Gasteiger partial charge in [-0.25, -0.2) is 4.39 Å². The van der Waals surface area contributed by atoms with Crippen molar-refractivity contribution in [1.82, 2.24) is 9.80 Å². The Hall–Kier alpha value is -1.17. The Labute approximate surface area is 143 Å². The maximum atomic E-state index is 14.4. The smallest absolute Gasteiger partial charge is 0.272 e. The molecule has 5 nitrogen and oxygen atoms in total. The Balaban J connectivity index is 1.31. The molecule has 24 heavy (non-hydrogen) atoms. The van der Waals surface area contributed by atoms with E-state index < -0.39 is 5.67 Å². The van der Waals surface area contributed by atoms with Gasteiger partial charge in [0.05, 0.1) is 13.1 Å². The number of piperidine rings is 1. The van der Waals surface area contributed by atoms with E-state index in [4.69, 9.17) is 4.84 Å². The van der Waals surface area contributed by atoms with Gasteiger partial charge in [0.2, 0.25) is 0 Å². The van der Waals surface area contributed by atoms with Gasteiger partial charge in [0.15, 0.2) is 5.60 Å². The summed E-state index contributed by atoms with van der Waals surface area (Å²) in [5, 5.41) is 4.11. The van der Waals surface area contributed by atoms with Crippen molar-refractivity contribution in [3.8, 4) is 0 Å². The van der Waals surface area contributed by atoms with Gasteiger partial charge >= 0.3 is 0 Å². The van der Waals surface area contributed by atoms with E-state index in [1.165, 1.54) is 12.8 Å². The van der Waals surface area contributed by atoms with Gasteiger partial charge in [-0.05, 0) is 51.1 Å². The van der Waals surface area contributed by atoms with Crippen molar-refractivity contribution in [2.45, 2.75) is 63.1 Å². The third-order valence-corrected chi connectivity index (χ3v) is 6.04. The van der Waals surface area contributed by atoms with Crippen molar-refractivity contribution in [2.24, 2.45) is 11.1 Å². The molecule has 4 aliphatic rings. The van der Waals surface area contributed by atoms with Crippen LogP contribution < -0.4 is 0 Å². The third kappa shape index (κ3) is 2.93. The van der Waals surface area contributed by atoms with Gasteiger partial charge in [0.1, 0.15) is 11.4 Å². The Morgan fingerprint density at radius 2 is 2.17 bits per heavy atom. The first-order valence-electron chi connectivity index (χ1n) is 9.49. The second-order valence-electron chi connectivity index (χ2n) is 8.19. The van der Waals surface area contributed by atoms with Gasteiger partial charge in [-0.1, -0.05) is 18.5 Å². The highest BCUT2D eigenvalue weighted by Crippen LogP contribution is 2.47. The second kappa shape index (κ2) is 5.97. The number of halogens is 1. The van der Waals surface area contributed by atoms with Crippen molar-refractivity contribution in [3.05, 3.63) is 0 Å². The maximum Gasteiger partial charge on any atom is 0.272 e. The monoisotopic (exact) mass is 337 g/mol. The molecule has 1 saturated carbocycles. The minimum Gasteiger partial charge on any atom is -0.387 e. The van der Waals surface area contributed by atoms with Crippen LogP contribution in [0.25, 0.3) is 0 Å².